The SMILES string of the molecule is NC/C=C/c1cc2c(cc1O)CCC2. The predicted molar refractivity (Wildman–Crippen MR) is 58.2 cm³/mol. The zero-order valence-electron chi connectivity index (χ0n) is 8.16. The number of benzene rings is 1. The Morgan fingerprint density at radius 2 is 2.00 bits per heavy atom. The summed E-state index contributed by atoms with van der Waals surface area (Å²) in [4.78, 5) is 0. The van der Waals surface area contributed by atoms with Crippen molar-refractivity contribution < 1.29 is 5.11 Å². The molecule has 0 amide bonds. The number of aromatic hydroxyl groups is 1. The summed E-state index contributed by atoms with van der Waals surface area (Å²) < 4.78 is 0. The van der Waals surface area contributed by atoms with Gasteiger partial charge in [0.2, 0.25) is 0 Å². The molecule has 0 saturated heterocycles. The molecule has 2 heteroatoms. The van der Waals surface area contributed by atoms with E-state index in [1.165, 1.54) is 17.5 Å². The lowest BCUT2D eigenvalue weighted by Crippen LogP contribution is -1.92. The summed E-state index contributed by atoms with van der Waals surface area (Å²) in [7, 11) is 0. The van der Waals surface area contributed by atoms with Gasteiger partial charge in [-0.3, -0.25) is 0 Å². The average Bonchev–Trinajstić information content (AvgIpc) is 2.61. The lowest BCUT2D eigenvalue weighted by molar-refractivity contribution is 0.473. The van der Waals surface area contributed by atoms with E-state index in [0.29, 0.717) is 12.3 Å². The zero-order chi connectivity index (χ0) is 9.97. The van der Waals surface area contributed by atoms with Gasteiger partial charge < -0.3 is 10.8 Å². The number of phenolic OH excluding ortho intramolecular Hbond substituents is 1. The summed E-state index contributed by atoms with van der Waals surface area (Å²) in [6.45, 7) is 0.510. The number of fused-ring (bicyclic) bond motifs is 1. The van der Waals surface area contributed by atoms with Crippen molar-refractivity contribution in [1.82, 2.24) is 0 Å². The summed E-state index contributed by atoms with van der Waals surface area (Å²) in [5, 5.41) is 9.71. The summed E-state index contributed by atoms with van der Waals surface area (Å²) in [6.07, 6.45) is 7.19. The molecule has 2 nitrogen and oxygen atoms in total. The van der Waals surface area contributed by atoms with Gasteiger partial charge in [-0.2, -0.15) is 0 Å². The first-order valence-corrected chi connectivity index (χ1v) is 5.02. The first kappa shape index (κ1) is 9.28. The monoisotopic (exact) mass is 189 g/mol. The number of phenols is 1. The fourth-order valence-corrected chi connectivity index (χ4v) is 1.96. The maximum absolute atomic E-state index is 9.71. The van der Waals surface area contributed by atoms with Crippen LogP contribution in [0.4, 0.5) is 0 Å². The number of nitrogens with two attached hydrogens (primary N) is 1. The van der Waals surface area contributed by atoms with Crippen molar-refractivity contribution in [3.8, 4) is 5.75 Å². The standard InChI is InChI=1S/C12H15NO/c13-6-2-5-11-7-9-3-1-4-10(9)8-12(11)14/h2,5,7-8,14H,1,3-4,6,13H2/b5-2+. The van der Waals surface area contributed by atoms with Crippen LogP contribution in [0.25, 0.3) is 6.08 Å². The van der Waals surface area contributed by atoms with Crippen molar-refractivity contribution in [2.75, 3.05) is 6.54 Å². The molecule has 0 radical (unpaired) electrons. The lowest BCUT2D eigenvalue weighted by atomic mass is 10.0. The first-order chi connectivity index (χ1) is 6.81. The summed E-state index contributed by atoms with van der Waals surface area (Å²) in [6, 6.07) is 3.96. The second-order valence-corrected chi connectivity index (χ2v) is 3.67. The average molecular weight is 189 g/mol. The number of hydrogen-bond acceptors (Lipinski definition) is 2. The van der Waals surface area contributed by atoms with E-state index in [2.05, 4.69) is 6.07 Å². The minimum absolute atomic E-state index is 0.371. The van der Waals surface area contributed by atoms with E-state index in [0.717, 1.165) is 18.4 Å². The third kappa shape index (κ3) is 1.66. The molecule has 3 N–H and O–H groups in total. The molecule has 0 saturated carbocycles. The highest BCUT2D eigenvalue weighted by atomic mass is 16.3. The molecule has 1 aliphatic rings. The fraction of sp³-hybridized carbons (Fsp3) is 0.333. The predicted octanol–water partition coefficient (Wildman–Crippen LogP) is 1.85. The van der Waals surface area contributed by atoms with Crippen LogP contribution in [0.3, 0.4) is 0 Å². The van der Waals surface area contributed by atoms with Crippen LogP contribution < -0.4 is 5.73 Å². The van der Waals surface area contributed by atoms with Crippen molar-refractivity contribution in [2.24, 2.45) is 5.73 Å². The van der Waals surface area contributed by atoms with E-state index >= 15 is 0 Å². The van der Waals surface area contributed by atoms with E-state index < -0.39 is 0 Å². The molecule has 0 atom stereocenters. The molecule has 1 aromatic carbocycles. The van der Waals surface area contributed by atoms with E-state index in [1.54, 1.807) is 0 Å². The topological polar surface area (TPSA) is 46.2 Å². The normalized spacial score (nSPS) is 14.9. The molecule has 0 bridgehead atoms. The van der Waals surface area contributed by atoms with Crippen LogP contribution >= 0.6 is 0 Å². The minimum atomic E-state index is 0.371. The minimum Gasteiger partial charge on any atom is -0.507 e. The van der Waals surface area contributed by atoms with Gasteiger partial charge in [0.1, 0.15) is 5.75 Å². The highest BCUT2D eigenvalue weighted by Crippen LogP contribution is 2.29. The first-order valence-electron chi connectivity index (χ1n) is 5.02. The maximum atomic E-state index is 9.71. The summed E-state index contributed by atoms with van der Waals surface area (Å²) >= 11 is 0. The Morgan fingerprint density at radius 1 is 1.29 bits per heavy atom. The highest BCUT2D eigenvalue weighted by molar-refractivity contribution is 5.60. The second kappa shape index (κ2) is 3.84. The van der Waals surface area contributed by atoms with Crippen LogP contribution in [0.1, 0.15) is 23.1 Å². The third-order valence-corrected chi connectivity index (χ3v) is 2.67. The molecular weight excluding hydrogens is 174 g/mol. The Kier molecular flexibility index (Phi) is 2.55. The molecule has 0 heterocycles. The van der Waals surface area contributed by atoms with E-state index in [4.69, 9.17) is 5.73 Å². The molecule has 0 unspecified atom stereocenters. The van der Waals surface area contributed by atoms with E-state index in [9.17, 15) is 5.11 Å². The van der Waals surface area contributed by atoms with Crippen LogP contribution in [-0.2, 0) is 12.8 Å². The highest BCUT2D eigenvalue weighted by Gasteiger charge is 2.12. The molecule has 1 aliphatic carbocycles. The smallest absolute Gasteiger partial charge is 0.123 e. The van der Waals surface area contributed by atoms with Crippen molar-refractivity contribution in [3.63, 3.8) is 0 Å². The van der Waals surface area contributed by atoms with E-state index in [1.807, 2.05) is 18.2 Å². The van der Waals surface area contributed by atoms with Crippen LogP contribution in [-0.4, -0.2) is 11.7 Å². The number of aryl methyl sites for hydroxylation is 2. The van der Waals surface area contributed by atoms with Gasteiger partial charge in [0.05, 0.1) is 0 Å². The van der Waals surface area contributed by atoms with Gasteiger partial charge in [-0.1, -0.05) is 12.2 Å². The molecular formula is C12H15NO. The Labute approximate surface area is 84.1 Å². The molecule has 0 spiro atoms. The Hall–Kier alpha value is -1.28. The van der Waals surface area contributed by atoms with Gasteiger partial charge in [-0.05, 0) is 42.5 Å². The molecule has 0 fully saturated rings. The van der Waals surface area contributed by atoms with Gasteiger partial charge in [0.15, 0.2) is 0 Å². The van der Waals surface area contributed by atoms with Crippen molar-refractivity contribution in [1.29, 1.82) is 0 Å². The molecule has 0 aromatic heterocycles. The van der Waals surface area contributed by atoms with Gasteiger partial charge in [-0.25, -0.2) is 0 Å². The Balaban J connectivity index is 2.37. The third-order valence-electron chi connectivity index (χ3n) is 2.67. The molecule has 2 rings (SSSR count). The second-order valence-electron chi connectivity index (χ2n) is 3.67. The Morgan fingerprint density at radius 3 is 2.71 bits per heavy atom. The number of rotatable bonds is 2. The van der Waals surface area contributed by atoms with Crippen LogP contribution in [0.2, 0.25) is 0 Å². The van der Waals surface area contributed by atoms with Crippen molar-refractivity contribution in [3.05, 3.63) is 34.9 Å². The van der Waals surface area contributed by atoms with Gasteiger partial charge in [0, 0.05) is 12.1 Å². The zero-order valence-corrected chi connectivity index (χ0v) is 8.16. The number of hydrogen-bond donors (Lipinski definition) is 2. The van der Waals surface area contributed by atoms with Crippen LogP contribution in [0.15, 0.2) is 18.2 Å². The largest absolute Gasteiger partial charge is 0.507 e. The van der Waals surface area contributed by atoms with Crippen LogP contribution in [0.5, 0.6) is 5.75 Å². The molecule has 0 aliphatic heterocycles. The maximum Gasteiger partial charge on any atom is 0.123 e. The molecule has 14 heavy (non-hydrogen) atoms. The van der Waals surface area contributed by atoms with E-state index in [-0.39, 0.29) is 0 Å². The lowest BCUT2D eigenvalue weighted by Gasteiger charge is -2.04. The molecule has 74 valence electrons. The van der Waals surface area contributed by atoms with Crippen molar-refractivity contribution in [2.45, 2.75) is 19.3 Å². The summed E-state index contributed by atoms with van der Waals surface area (Å²) in [5.41, 5.74) is 8.93. The van der Waals surface area contributed by atoms with Gasteiger partial charge in [0.25, 0.3) is 0 Å². The quantitative estimate of drug-likeness (QED) is 0.745. The van der Waals surface area contributed by atoms with Crippen LogP contribution in [0, 0.1) is 0 Å². The van der Waals surface area contributed by atoms with Gasteiger partial charge >= 0.3 is 0 Å². The fourth-order valence-electron chi connectivity index (χ4n) is 1.96. The molecule has 1 aromatic rings. The van der Waals surface area contributed by atoms with Crippen molar-refractivity contribution >= 4 is 6.08 Å². The van der Waals surface area contributed by atoms with Gasteiger partial charge in [-0.15, -0.1) is 0 Å². The summed E-state index contributed by atoms with van der Waals surface area (Å²) in [5.74, 6) is 0.371. The Bertz CT molecular complexity index is 369.